The van der Waals surface area contributed by atoms with E-state index in [0.29, 0.717) is 25.6 Å². The number of aromatic nitrogens is 3. The number of hydrogen-bond donors (Lipinski definition) is 1. The van der Waals surface area contributed by atoms with Crippen LogP contribution in [0.15, 0.2) is 30.6 Å². The molecule has 0 unspecified atom stereocenters. The Labute approximate surface area is 116 Å². The van der Waals surface area contributed by atoms with Crippen LogP contribution in [0.2, 0.25) is 0 Å². The number of pyridine rings is 1. The fourth-order valence-corrected chi connectivity index (χ4v) is 2.27. The zero-order valence-electron chi connectivity index (χ0n) is 10.9. The highest BCUT2D eigenvalue weighted by Gasteiger charge is 2.11. The molecular weight excluding hydrogens is 252 g/mol. The molecule has 1 aromatic carbocycles. The van der Waals surface area contributed by atoms with Gasteiger partial charge in [0.25, 0.3) is 0 Å². The van der Waals surface area contributed by atoms with Crippen LogP contribution in [0.25, 0.3) is 21.9 Å². The smallest absolute Gasteiger partial charge is 0.152 e. The van der Waals surface area contributed by atoms with Gasteiger partial charge in [-0.05, 0) is 6.07 Å². The molecule has 20 heavy (non-hydrogen) atoms. The van der Waals surface area contributed by atoms with Gasteiger partial charge in [-0.15, -0.1) is 6.42 Å². The summed E-state index contributed by atoms with van der Waals surface area (Å²) in [6.07, 6.45) is 6.91. The van der Waals surface area contributed by atoms with Crippen LogP contribution in [0.4, 0.5) is 5.82 Å². The Kier molecular flexibility index (Phi) is 3.23. The van der Waals surface area contributed by atoms with Crippen LogP contribution in [0.3, 0.4) is 0 Å². The molecular formula is C15H14N4O. The number of para-hydroxylation sites is 1. The zero-order chi connectivity index (χ0) is 13.9. The predicted octanol–water partition coefficient (Wildman–Crippen LogP) is 1.82. The summed E-state index contributed by atoms with van der Waals surface area (Å²) < 4.78 is 7.34. The number of terminal acetylenes is 1. The van der Waals surface area contributed by atoms with Crippen molar-refractivity contribution in [2.75, 3.05) is 18.9 Å². The van der Waals surface area contributed by atoms with E-state index in [0.717, 1.165) is 21.9 Å². The van der Waals surface area contributed by atoms with Gasteiger partial charge in [-0.2, -0.15) is 0 Å². The van der Waals surface area contributed by atoms with Gasteiger partial charge in [-0.1, -0.05) is 24.1 Å². The van der Waals surface area contributed by atoms with Crippen molar-refractivity contribution < 1.29 is 4.74 Å². The molecule has 0 spiro atoms. The highest BCUT2D eigenvalue weighted by Crippen LogP contribution is 2.26. The standard InChI is InChI=1S/C15H14N4O/c1-2-8-20-9-7-19-10-17-13-14(19)11-5-3-4-6-12(11)18-15(13)16/h1,3-6,10H,7-9H2,(H2,16,18). The average Bonchev–Trinajstić information content (AvgIpc) is 2.89. The van der Waals surface area contributed by atoms with Gasteiger partial charge in [0.2, 0.25) is 0 Å². The number of rotatable bonds is 4. The van der Waals surface area contributed by atoms with Crippen LogP contribution in [0.5, 0.6) is 0 Å². The molecule has 5 heteroatoms. The molecule has 5 nitrogen and oxygen atoms in total. The Hall–Kier alpha value is -2.58. The minimum Gasteiger partial charge on any atom is -0.382 e. The Morgan fingerprint density at radius 2 is 2.20 bits per heavy atom. The number of nitrogens with two attached hydrogens (primary N) is 1. The largest absolute Gasteiger partial charge is 0.382 e. The number of nitrogens with zero attached hydrogens (tertiary/aromatic N) is 3. The van der Waals surface area contributed by atoms with Crippen LogP contribution in [0.1, 0.15) is 0 Å². The van der Waals surface area contributed by atoms with Crippen molar-refractivity contribution in [3.05, 3.63) is 30.6 Å². The summed E-state index contributed by atoms with van der Waals surface area (Å²) >= 11 is 0. The number of anilines is 1. The maximum Gasteiger partial charge on any atom is 0.152 e. The van der Waals surface area contributed by atoms with Crippen LogP contribution in [-0.4, -0.2) is 27.7 Å². The third-order valence-corrected chi connectivity index (χ3v) is 3.14. The number of hydrogen-bond acceptors (Lipinski definition) is 4. The first-order valence-electron chi connectivity index (χ1n) is 6.31. The van der Waals surface area contributed by atoms with Crippen molar-refractivity contribution in [3.8, 4) is 12.3 Å². The quantitative estimate of drug-likeness (QED) is 0.578. The van der Waals surface area contributed by atoms with Crippen molar-refractivity contribution in [2.24, 2.45) is 0 Å². The van der Waals surface area contributed by atoms with Crippen molar-refractivity contribution in [1.82, 2.24) is 14.5 Å². The number of fused-ring (bicyclic) bond motifs is 3. The van der Waals surface area contributed by atoms with Gasteiger partial charge >= 0.3 is 0 Å². The van der Waals surface area contributed by atoms with E-state index < -0.39 is 0 Å². The summed E-state index contributed by atoms with van der Waals surface area (Å²) in [5.74, 6) is 2.89. The predicted molar refractivity (Wildman–Crippen MR) is 79.1 cm³/mol. The lowest BCUT2D eigenvalue weighted by Crippen LogP contribution is -2.05. The van der Waals surface area contributed by atoms with Crippen LogP contribution in [0, 0.1) is 12.3 Å². The lowest BCUT2D eigenvalue weighted by molar-refractivity contribution is 0.158. The highest BCUT2D eigenvalue weighted by atomic mass is 16.5. The van der Waals surface area contributed by atoms with E-state index in [1.807, 2.05) is 28.8 Å². The molecule has 2 aromatic heterocycles. The molecule has 0 fully saturated rings. The van der Waals surface area contributed by atoms with Crippen molar-refractivity contribution in [1.29, 1.82) is 0 Å². The normalized spacial score (nSPS) is 10.9. The minimum absolute atomic E-state index is 0.317. The van der Waals surface area contributed by atoms with Gasteiger partial charge in [0.15, 0.2) is 5.82 Å². The van der Waals surface area contributed by atoms with Crippen molar-refractivity contribution in [3.63, 3.8) is 0 Å². The molecule has 0 atom stereocenters. The number of nitrogen functional groups attached to an aromatic ring is 1. The molecule has 2 heterocycles. The third-order valence-electron chi connectivity index (χ3n) is 3.14. The fraction of sp³-hybridized carbons (Fsp3) is 0.200. The van der Waals surface area contributed by atoms with Gasteiger partial charge in [-0.3, -0.25) is 0 Å². The van der Waals surface area contributed by atoms with E-state index in [2.05, 4.69) is 15.9 Å². The van der Waals surface area contributed by atoms with Crippen LogP contribution < -0.4 is 5.73 Å². The first-order chi connectivity index (χ1) is 9.81. The first kappa shape index (κ1) is 12.5. The number of benzene rings is 1. The molecule has 0 aliphatic heterocycles. The molecule has 100 valence electrons. The van der Waals surface area contributed by atoms with Gasteiger partial charge in [-0.25, -0.2) is 9.97 Å². The van der Waals surface area contributed by atoms with Gasteiger partial charge < -0.3 is 15.0 Å². The Morgan fingerprint density at radius 1 is 1.35 bits per heavy atom. The number of ether oxygens (including phenoxy) is 1. The summed E-state index contributed by atoms with van der Waals surface area (Å²) in [5.41, 5.74) is 8.54. The summed E-state index contributed by atoms with van der Waals surface area (Å²) in [6, 6.07) is 7.88. The molecule has 3 rings (SSSR count). The summed E-state index contributed by atoms with van der Waals surface area (Å²) in [4.78, 5) is 8.72. The topological polar surface area (TPSA) is 66.0 Å². The Bertz CT molecular complexity index is 801. The van der Waals surface area contributed by atoms with Gasteiger partial charge in [0.1, 0.15) is 12.1 Å². The van der Waals surface area contributed by atoms with E-state index in [1.54, 1.807) is 6.33 Å². The lowest BCUT2D eigenvalue weighted by Gasteiger charge is -2.07. The van der Waals surface area contributed by atoms with Crippen molar-refractivity contribution >= 4 is 27.8 Å². The molecule has 0 saturated heterocycles. The zero-order valence-corrected chi connectivity index (χ0v) is 10.9. The summed E-state index contributed by atoms with van der Waals surface area (Å²) in [5, 5.41) is 1.03. The van der Waals surface area contributed by atoms with E-state index >= 15 is 0 Å². The molecule has 0 amide bonds. The van der Waals surface area contributed by atoms with E-state index in [9.17, 15) is 0 Å². The maximum absolute atomic E-state index is 5.97. The van der Waals surface area contributed by atoms with E-state index in [4.69, 9.17) is 16.9 Å². The fourth-order valence-electron chi connectivity index (χ4n) is 2.27. The summed E-state index contributed by atoms with van der Waals surface area (Å²) in [7, 11) is 0. The average molecular weight is 266 g/mol. The van der Waals surface area contributed by atoms with Crippen molar-refractivity contribution in [2.45, 2.75) is 6.54 Å². The molecule has 0 aliphatic rings. The molecule has 0 saturated carbocycles. The van der Waals surface area contributed by atoms with Gasteiger partial charge in [0.05, 0.1) is 24.0 Å². The van der Waals surface area contributed by atoms with Crippen LogP contribution in [-0.2, 0) is 11.3 Å². The Morgan fingerprint density at radius 3 is 3.05 bits per heavy atom. The molecule has 0 radical (unpaired) electrons. The molecule has 2 N–H and O–H groups in total. The van der Waals surface area contributed by atoms with E-state index in [1.165, 1.54) is 0 Å². The first-order valence-corrected chi connectivity index (χ1v) is 6.31. The second kappa shape index (κ2) is 5.19. The number of imidazole rings is 1. The lowest BCUT2D eigenvalue weighted by atomic mass is 10.2. The highest BCUT2D eigenvalue weighted by molar-refractivity contribution is 6.06. The third kappa shape index (κ3) is 2.06. The molecule has 0 aliphatic carbocycles. The Balaban J connectivity index is 2.07. The van der Waals surface area contributed by atoms with Gasteiger partial charge in [0, 0.05) is 11.9 Å². The minimum atomic E-state index is 0.317. The second-order valence-electron chi connectivity index (χ2n) is 4.41. The molecule has 0 bridgehead atoms. The summed E-state index contributed by atoms with van der Waals surface area (Å²) in [6.45, 7) is 1.52. The SMILES string of the molecule is C#CCOCCn1cnc2c(N)nc3ccccc3c21. The van der Waals surface area contributed by atoms with E-state index in [-0.39, 0.29) is 0 Å². The second-order valence-corrected chi connectivity index (χ2v) is 4.41. The van der Waals surface area contributed by atoms with Crippen LogP contribution >= 0.6 is 0 Å². The molecule has 3 aromatic rings. The monoisotopic (exact) mass is 266 g/mol. The maximum atomic E-state index is 5.97.